The van der Waals surface area contributed by atoms with Crippen LogP contribution in [0.1, 0.15) is 15.9 Å². The Labute approximate surface area is 136 Å². The van der Waals surface area contributed by atoms with Gasteiger partial charge in [0.1, 0.15) is 5.75 Å². The van der Waals surface area contributed by atoms with Crippen LogP contribution in [0.3, 0.4) is 0 Å². The number of aromatic nitrogens is 1. The Morgan fingerprint density at radius 3 is 2.77 bits per heavy atom. The van der Waals surface area contributed by atoms with Crippen molar-refractivity contribution < 1.29 is 9.53 Å². The summed E-state index contributed by atoms with van der Waals surface area (Å²) in [4.78, 5) is 12.9. The zero-order chi connectivity index (χ0) is 15.7. The number of carbonyl (C=O) groups excluding carboxylic acids is 1. The van der Waals surface area contributed by atoms with Gasteiger partial charge in [-0.25, -0.2) is 0 Å². The average Bonchev–Trinajstić information content (AvgIpc) is 2.93. The van der Waals surface area contributed by atoms with Crippen LogP contribution in [0.15, 0.2) is 53.1 Å². The molecule has 0 spiro atoms. The topological polar surface area (TPSA) is 57.2 Å². The second kappa shape index (κ2) is 5.94. The van der Waals surface area contributed by atoms with Gasteiger partial charge in [0.05, 0.1) is 18.2 Å². The third kappa shape index (κ3) is 2.42. The number of benzene rings is 2. The standard InChI is InChI=1S/C17H15BrN2O2/c1-22-16-8-12(18)6-7-14(16)17(21)20-10-11(9-19)13-4-2-3-5-15(13)20/h2-8,10H,9,19H2,1H3. The number of halogens is 1. The number of nitrogens with zero attached hydrogens (tertiary/aromatic N) is 1. The fourth-order valence-electron chi connectivity index (χ4n) is 2.55. The van der Waals surface area contributed by atoms with Gasteiger partial charge in [0, 0.05) is 22.6 Å². The molecule has 3 rings (SSSR count). The molecular formula is C17H15BrN2O2. The van der Waals surface area contributed by atoms with E-state index >= 15 is 0 Å². The number of hydrogen-bond acceptors (Lipinski definition) is 3. The summed E-state index contributed by atoms with van der Waals surface area (Å²) in [5.74, 6) is 0.395. The molecule has 22 heavy (non-hydrogen) atoms. The summed E-state index contributed by atoms with van der Waals surface area (Å²) < 4.78 is 7.82. The molecule has 0 bridgehead atoms. The van der Waals surface area contributed by atoms with E-state index in [0.29, 0.717) is 17.9 Å². The first-order valence-corrected chi connectivity index (χ1v) is 7.62. The molecule has 0 aliphatic rings. The number of ether oxygens (including phenoxy) is 1. The second-order valence-electron chi connectivity index (χ2n) is 4.90. The maximum Gasteiger partial charge on any atom is 0.266 e. The fourth-order valence-corrected chi connectivity index (χ4v) is 2.89. The third-order valence-corrected chi connectivity index (χ3v) is 4.12. The number of methoxy groups -OCH3 is 1. The Bertz CT molecular complexity index is 855. The number of rotatable bonds is 3. The van der Waals surface area contributed by atoms with E-state index in [-0.39, 0.29) is 5.91 Å². The number of para-hydroxylation sites is 1. The summed E-state index contributed by atoms with van der Waals surface area (Å²) in [5.41, 5.74) is 8.09. The minimum Gasteiger partial charge on any atom is -0.496 e. The highest BCUT2D eigenvalue weighted by Gasteiger charge is 2.18. The van der Waals surface area contributed by atoms with Gasteiger partial charge >= 0.3 is 0 Å². The maximum absolute atomic E-state index is 12.9. The quantitative estimate of drug-likeness (QED) is 0.778. The van der Waals surface area contributed by atoms with Gasteiger partial charge in [-0.1, -0.05) is 34.1 Å². The van der Waals surface area contributed by atoms with Crippen LogP contribution >= 0.6 is 15.9 Å². The highest BCUT2D eigenvalue weighted by atomic mass is 79.9. The molecule has 2 aromatic carbocycles. The zero-order valence-electron chi connectivity index (χ0n) is 12.0. The highest BCUT2D eigenvalue weighted by molar-refractivity contribution is 9.10. The number of carbonyl (C=O) groups is 1. The Morgan fingerprint density at radius 2 is 2.05 bits per heavy atom. The first-order chi connectivity index (χ1) is 10.7. The summed E-state index contributed by atoms with van der Waals surface area (Å²) in [7, 11) is 1.55. The van der Waals surface area contributed by atoms with Crippen LogP contribution < -0.4 is 10.5 Å². The van der Waals surface area contributed by atoms with Crippen molar-refractivity contribution in [1.29, 1.82) is 0 Å². The van der Waals surface area contributed by atoms with Gasteiger partial charge in [-0.3, -0.25) is 9.36 Å². The third-order valence-electron chi connectivity index (χ3n) is 3.63. The minimum absolute atomic E-state index is 0.139. The fraction of sp³-hybridized carbons (Fsp3) is 0.118. The molecule has 0 radical (unpaired) electrons. The molecule has 0 amide bonds. The van der Waals surface area contributed by atoms with E-state index in [1.165, 1.54) is 0 Å². The van der Waals surface area contributed by atoms with E-state index in [2.05, 4.69) is 15.9 Å². The molecule has 0 atom stereocenters. The lowest BCUT2D eigenvalue weighted by Gasteiger charge is -2.09. The molecule has 1 aromatic heterocycles. The monoisotopic (exact) mass is 358 g/mol. The van der Waals surface area contributed by atoms with Gasteiger partial charge in [0.2, 0.25) is 0 Å². The molecular weight excluding hydrogens is 344 g/mol. The van der Waals surface area contributed by atoms with Gasteiger partial charge in [0.25, 0.3) is 5.91 Å². The maximum atomic E-state index is 12.9. The molecule has 1 heterocycles. The van der Waals surface area contributed by atoms with E-state index < -0.39 is 0 Å². The molecule has 0 aliphatic heterocycles. The van der Waals surface area contributed by atoms with Crippen LogP contribution in [-0.2, 0) is 6.54 Å². The first-order valence-electron chi connectivity index (χ1n) is 6.83. The molecule has 0 saturated heterocycles. The van der Waals surface area contributed by atoms with Crippen LogP contribution in [0.5, 0.6) is 5.75 Å². The molecule has 2 N–H and O–H groups in total. The van der Waals surface area contributed by atoms with Crippen molar-refractivity contribution in [3.05, 3.63) is 64.3 Å². The van der Waals surface area contributed by atoms with E-state index in [4.69, 9.17) is 10.5 Å². The lowest BCUT2D eigenvalue weighted by atomic mass is 10.1. The van der Waals surface area contributed by atoms with Crippen molar-refractivity contribution in [3.8, 4) is 5.75 Å². The Morgan fingerprint density at radius 1 is 1.27 bits per heavy atom. The smallest absolute Gasteiger partial charge is 0.266 e. The predicted octanol–water partition coefficient (Wildman–Crippen LogP) is 3.56. The predicted molar refractivity (Wildman–Crippen MR) is 90.3 cm³/mol. The molecule has 0 fully saturated rings. The van der Waals surface area contributed by atoms with Gasteiger partial charge in [0.15, 0.2) is 0 Å². The van der Waals surface area contributed by atoms with Crippen LogP contribution in [-0.4, -0.2) is 17.6 Å². The van der Waals surface area contributed by atoms with E-state index in [1.807, 2.05) is 30.3 Å². The van der Waals surface area contributed by atoms with Gasteiger partial charge in [-0.05, 0) is 29.8 Å². The molecule has 5 heteroatoms. The lowest BCUT2D eigenvalue weighted by Crippen LogP contribution is -2.12. The van der Waals surface area contributed by atoms with Crippen molar-refractivity contribution in [1.82, 2.24) is 4.57 Å². The van der Waals surface area contributed by atoms with Crippen molar-refractivity contribution in [2.45, 2.75) is 6.54 Å². The number of hydrogen-bond donors (Lipinski definition) is 1. The summed E-state index contributed by atoms with van der Waals surface area (Å²) >= 11 is 3.38. The van der Waals surface area contributed by atoms with Crippen LogP contribution in [0.2, 0.25) is 0 Å². The van der Waals surface area contributed by atoms with Crippen molar-refractivity contribution in [2.24, 2.45) is 5.73 Å². The molecule has 0 unspecified atom stereocenters. The SMILES string of the molecule is COc1cc(Br)ccc1C(=O)n1cc(CN)c2ccccc21. The van der Waals surface area contributed by atoms with E-state index in [1.54, 1.807) is 30.0 Å². The minimum atomic E-state index is -0.139. The molecule has 4 nitrogen and oxygen atoms in total. The zero-order valence-corrected chi connectivity index (χ0v) is 13.6. The van der Waals surface area contributed by atoms with Crippen molar-refractivity contribution in [2.75, 3.05) is 7.11 Å². The highest BCUT2D eigenvalue weighted by Crippen LogP contribution is 2.27. The summed E-state index contributed by atoms with van der Waals surface area (Å²) in [6.45, 7) is 0.387. The number of fused-ring (bicyclic) bond motifs is 1. The van der Waals surface area contributed by atoms with Crippen molar-refractivity contribution >= 4 is 32.7 Å². The second-order valence-corrected chi connectivity index (χ2v) is 5.81. The summed E-state index contributed by atoms with van der Waals surface area (Å²) in [6.07, 6.45) is 1.80. The van der Waals surface area contributed by atoms with Gasteiger partial charge in [-0.2, -0.15) is 0 Å². The summed E-state index contributed by atoms with van der Waals surface area (Å²) in [5, 5.41) is 0.995. The molecule has 112 valence electrons. The molecule has 0 saturated carbocycles. The van der Waals surface area contributed by atoms with Crippen molar-refractivity contribution in [3.63, 3.8) is 0 Å². The Hall–Kier alpha value is -2.11. The normalized spacial score (nSPS) is 10.9. The lowest BCUT2D eigenvalue weighted by molar-refractivity contribution is 0.0962. The van der Waals surface area contributed by atoms with Crippen LogP contribution in [0.4, 0.5) is 0 Å². The Kier molecular flexibility index (Phi) is 4.00. The van der Waals surface area contributed by atoms with E-state index in [0.717, 1.165) is 20.9 Å². The Balaban J connectivity index is 2.18. The van der Waals surface area contributed by atoms with E-state index in [9.17, 15) is 4.79 Å². The van der Waals surface area contributed by atoms with Crippen LogP contribution in [0.25, 0.3) is 10.9 Å². The summed E-state index contributed by atoms with van der Waals surface area (Å²) in [6, 6.07) is 13.1. The average molecular weight is 359 g/mol. The van der Waals surface area contributed by atoms with Crippen LogP contribution in [0, 0.1) is 0 Å². The molecule has 3 aromatic rings. The molecule has 0 aliphatic carbocycles. The van der Waals surface area contributed by atoms with Gasteiger partial charge < -0.3 is 10.5 Å². The largest absolute Gasteiger partial charge is 0.496 e. The number of nitrogens with two attached hydrogens (primary N) is 1. The van der Waals surface area contributed by atoms with Gasteiger partial charge in [-0.15, -0.1) is 0 Å². The first kappa shape index (κ1) is 14.8.